The van der Waals surface area contributed by atoms with Crippen molar-refractivity contribution < 1.29 is 37.0 Å². The zero-order valence-corrected chi connectivity index (χ0v) is 19.0. The number of hydrogen-bond acceptors (Lipinski definition) is 5. The van der Waals surface area contributed by atoms with Crippen molar-refractivity contribution in [2.75, 3.05) is 43.1 Å². The van der Waals surface area contributed by atoms with E-state index in [-0.39, 0.29) is 25.4 Å². The Kier molecular flexibility index (Phi) is 7.13. The normalized spacial score (nSPS) is 16.9. The first-order chi connectivity index (χ1) is 16.8. The molecule has 2 aromatic carbocycles. The van der Waals surface area contributed by atoms with Crippen LogP contribution in [-0.4, -0.2) is 55.5 Å². The van der Waals surface area contributed by atoms with E-state index in [9.17, 15) is 27.6 Å². The molecule has 0 bridgehead atoms. The molecule has 0 aliphatic carbocycles. The Balaban J connectivity index is 1.43. The smallest absolute Gasteiger partial charge is 0.244 e. The van der Waals surface area contributed by atoms with Crippen LogP contribution >= 0.6 is 0 Å². The van der Waals surface area contributed by atoms with E-state index in [2.05, 4.69) is 5.32 Å². The lowest BCUT2D eigenvalue weighted by Gasteiger charge is -2.25. The molecule has 0 aromatic heterocycles. The predicted octanol–water partition coefficient (Wildman–Crippen LogP) is 3.11. The molecule has 1 saturated heterocycles. The lowest BCUT2D eigenvalue weighted by molar-refractivity contribution is -0.138. The van der Waals surface area contributed by atoms with Gasteiger partial charge in [0.25, 0.3) is 0 Å². The van der Waals surface area contributed by atoms with Crippen LogP contribution in [0.25, 0.3) is 0 Å². The van der Waals surface area contributed by atoms with Crippen molar-refractivity contribution in [1.29, 1.82) is 0 Å². The Morgan fingerprint density at radius 1 is 1.09 bits per heavy atom. The van der Waals surface area contributed by atoms with Gasteiger partial charge >= 0.3 is 0 Å². The van der Waals surface area contributed by atoms with E-state index in [1.807, 2.05) is 6.92 Å². The van der Waals surface area contributed by atoms with Gasteiger partial charge in [-0.25, -0.2) is 13.2 Å². The second-order valence-electron chi connectivity index (χ2n) is 8.26. The number of anilines is 2. The average molecular weight is 491 g/mol. The monoisotopic (exact) mass is 491 g/mol. The average Bonchev–Trinajstić information content (AvgIpc) is 3.25. The van der Waals surface area contributed by atoms with Gasteiger partial charge in [-0.1, -0.05) is 6.92 Å². The summed E-state index contributed by atoms with van der Waals surface area (Å²) in [7, 11) is 0. The number of benzene rings is 2. The number of amides is 3. The van der Waals surface area contributed by atoms with E-state index in [0.717, 1.165) is 6.07 Å². The van der Waals surface area contributed by atoms with Gasteiger partial charge in [0, 0.05) is 31.3 Å². The third-order valence-electron chi connectivity index (χ3n) is 5.76. The van der Waals surface area contributed by atoms with E-state index in [4.69, 9.17) is 9.47 Å². The van der Waals surface area contributed by atoms with Gasteiger partial charge < -0.3 is 24.6 Å². The summed E-state index contributed by atoms with van der Waals surface area (Å²) in [6, 6.07) is 6.70. The minimum Gasteiger partial charge on any atom is -0.486 e. The molecule has 1 unspecified atom stereocenters. The van der Waals surface area contributed by atoms with Crippen molar-refractivity contribution in [2.45, 2.75) is 19.8 Å². The maximum atomic E-state index is 13.9. The molecule has 1 atom stereocenters. The molecule has 2 aliphatic heterocycles. The first kappa shape index (κ1) is 24.4. The van der Waals surface area contributed by atoms with Crippen LogP contribution in [0.3, 0.4) is 0 Å². The second-order valence-corrected chi connectivity index (χ2v) is 8.26. The maximum Gasteiger partial charge on any atom is 0.244 e. The number of ether oxygens (including phenoxy) is 2. The Hall–Kier alpha value is -3.76. The molecule has 186 valence electrons. The van der Waals surface area contributed by atoms with E-state index in [0.29, 0.717) is 42.9 Å². The van der Waals surface area contributed by atoms with E-state index < -0.39 is 47.4 Å². The zero-order chi connectivity index (χ0) is 25.1. The van der Waals surface area contributed by atoms with Crippen LogP contribution < -0.4 is 19.7 Å². The van der Waals surface area contributed by atoms with Crippen LogP contribution in [0.15, 0.2) is 30.3 Å². The summed E-state index contributed by atoms with van der Waals surface area (Å²) in [4.78, 5) is 41.1. The Morgan fingerprint density at radius 2 is 1.83 bits per heavy atom. The minimum atomic E-state index is -1.70. The molecule has 8 nitrogen and oxygen atoms in total. The maximum absolute atomic E-state index is 13.9. The van der Waals surface area contributed by atoms with Gasteiger partial charge in [-0.3, -0.25) is 14.4 Å². The highest BCUT2D eigenvalue weighted by molar-refractivity contribution is 6.01. The molecule has 2 aliphatic rings. The SMILES string of the molecule is CCCN(CC(=O)Nc1ccc(F)c(F)c1F)C(=O)C1CC(=O)N(c2ccc3c(c2)OCCO3)C1. The van der Waals surface area contributed by atoms with Crippen LogP contribution in [-0.2, 0) is 14.4 Å². The van der Waals surface area contributed by atoms with Crippen LogP contribution in [0, 0.1) is 23.4 Å². The van der Waals surface area contributed by atoms with E-state index >= 15 is 0 Å². The van der Waals surface area contributed by atoms with Crippen molar-refractivity contribution >= 4 is 29.1 Å². The Bertz CT molecular complexity index is 1160. The highest BCUT2D eigenvalue weighted by Crippen LogP contribution is 2.36. The molecule has 1 fully saturated rings. The van der Waals surface area contributed by atoms with Crippen LogP contribution in [0.5, 0.6) is 11.5 Å². The van der Waals surface area contributed by atoms with Crippen LogP contribution in [0.4, 0.5) is 24.5 Å². The molecular weight excluding hydrogens is 467 g/mol. The summed E-state index contributed by atoms with van der Waals surface area (Å²) >= 11 is 0. The Morgan fingerprint density at radius 3 is 2.57 bits per heavy atom. The molecular formula is C24H24F3N3O5. The summed E-state index contributed by atoms with van der Waals surface area (Å²) in [6.07, 6.45) is 0.498. The van der Waals surface area contributed by atoms with Crippen molar-refractivity contribution in [1.82, 2.24) is 4.90 Å². The quantitative estimate of drug-likeness (QED) is 0.602. The molecule has 0 spiro atoms. The molecule has 2 heterocycles. The fourth-order valence-electron chi connectivity index (χ4n) is 4.10. The summed E-state index contributed by atoms with van der Waals surface area (Å²) < 4.78 is 51.5. The van der Waals surface area contributed by atoms with Gasteiger partial charge in [-0.05, 0) is 30.7 Å². The highest BCUT2D eigenvalue weighted by atomic mass is 19.2. The van der Waals surface area contributed by atoms with Gasteiger partial charge in [-0.15, -0.1) is 0 Å². The largest absolute Gasteiger partial charge is 0.486 e. The molecule has 1 N–H and O–H groups in total. The number of rotatable bonds is 7. The third-order valence-corrected chi connectivity index (χ3v) is 5.76. The second kappa shape index (κ2) is 10.2. The Labute approximate surface area is 199 Å². The van der Waals surface area contributed by atoms with Gasteiger partial charge in [0.05, 0.1) is 18.2 Å². The first-order valence-corrected chi connectivity index (χ1v) is 11.2. The molecule has 3 amide bonds. The summed E-state index contributed by atoms with van der Waals surface area (Å²) in [5.41, 5.74) is 0.0433. The summed E-state index contributed by atoms with van der Waals surface area (Å²) in [5, 5.41) is 2.17. The number of hydrogen-bond donors (Lipinski definition) is 1. The van der Waals surface area contributed by atoms with Gasteiger partial charge in [-0.2, -0.15) is 0 Å². The molecule has 4 rings (SSSR count). The summed E-state index contributed by atoms with van der Waals surface area (Å²) in [5.74, 6) is -5.61. The highest BCUT2D eigenvalue weighted by Gasteiger charge is 2.38. The van der Waals surface area contributed by atoms with Crippen molar-refractivity contribution in [3.05, 3.63) is 47.8 Å². The summed E-state index contributed by atoms with van der Waals surface area (Å²) in [6.45, 7) is 2.57. The van der Waals surface area contributed by atoms with Gasteiger partial charge in [0.1, 0.15) is 13.2 Å². The molecule has 0 radical (unpaired) electrons. The third kappa shape index (κ3) is 5.18. The van der Waals surface area contributed by atoms with Gasteiger partial charge in [0.15, 0.2) is 29.0 Å². The number of nitrogens with one attached hydrogen (secondary N) is 1. The zero-order valence-electron chi connectivity index (χ0n) is 19.0. The molecule has 0 saturated carbocycles. The van der Waals surface area contributed by atoms with Crippen molar-refractivity contribution in [3.63, 3.8) is 0 Å². The topological polar surface area (TPSA) is 88.2 Å². The molecule has 11 heteroatoms. The standard InChI is InChI=1S/C24H24F3N3O5/c1-2-7-29(13-20(31)28-17-5-4-16(25)22(26)23(17)27)24(33)14-10-21(32)30(12-14)15-3-6-18-19(11-15)35-9-8-34-18/h3-6,11,14H,2,7-10,12-13H2,1H3,(H,28,31). The fourth-order valence-corrected chi connectivity index (χ4v) is 4.10. The van der Waals surface area contributed by atoms with Crippen LogP contribution in [0.1, 0.15) is 19.8 Å². The lowest BCUT2D eigenvalue weighted by Crippen LogP contribution is -2.42. The number of carbonyl (C=O) groups excluding carboxylic acids is 3. The van der Waals surface area contributed by atoms with Crippen molar-refractivity contribution in [3.8, 4) is 11.5 Å². The van der Waals surface area contributed by atoms with E-state index in [1.165, 1.54) is 9.80 Å². The number of carbonyl (C=O) groups is 3. The number of nitrogens with zero attached hydrogens (tertiary/aromatic N) is 2. The first-order valence-electron chi connectivity index (χ1n) is 11.2. The molecule has 2 aromatic rings. The number of halogens is 3. The van der Waals surface area contributed by atoms with Crippen LogP contribution in [0.2, 0.25) is 0 Å². The van der Waals surface area contributed by atoms with E-state index in [1.54, 1.807) is 18.2 Å². The lowest BCUT2D eigenvalue weighted by atomic mass is 10.1. The molecule has 35 heavy (non-hydrogen) atoms. The number of fused-ring (bicyclic) bond motifs is 1. The fraction of sp³-hybridized carbons (Fsp3) is 0.375. The van der Waals surface area contributed by atoms with Crippen molar-refractivity contribution in [2.24, 2.45) is 5.92 Å². The van der Waals surface area contributed by atoms with Gasteiger partial charge in [0.2, 0.25) is 17.7 Å². The predicted molar refractivity (Wildman–Crippen MR) is 120 cm³/mol. The minimum absolute atomic E-state index is 0.0348.